The summed E-state index contributed by atoms with van der Waals surface area (Å²) in [6.07, 6.45) is 3.35. The molecule has 0 fully saturated rings. The summed E-state index contributed by atoms with van der Waals surface area (Å²) in [5.74, 6) is 6.07. The highest BCUT2D eigenvalue weighted by molar-refractivity contribution is 6.31. The van der Waals surface area contributed by atoms with Gasteiger partial charge in [-0.1, -0.05) is 11.6 Å². The van der Waals surface area contributed by atoms with Gasteiger partial charge in [-0.2, -0.15) is 5.10 Å². The molecule has 0 aliphatic rings. The van der Waals surface area contributed by atoms with Crippen molar-refractivity contribution in [1.29, 1.82) is 0 Å². The van der Waals surface area contributed by atoms with Crippen LogP contribution >= 0.6 is 23.2 Å². The van der Waals surface area contributed by atoms with Crippen LogP contribution in [0.3, 0.4) is 0 Å². The first-order valence-corrected chi connectivity index (χ1v) is 5.31. The minimum absolute atomic E-state index is 0.00810. The van der Waals surface area contributed by atoms with Crippen LogP contribution in [-0.4, -0.2) is 15.7 Å². The van der Waals surface area contributed by atoms with Crippen molar-refractivity contribution in [1.82, 2.24) is 15.2 Å². The fourth-order valence-corrected chi connectivity index (χ4v) is 1.84. The van der Waals surface area contributed by atoms with Crippen LogP contribution in [0.15, 0.2) is 6.20 Å². The van der Waals surface area contributed by atoms with Crippen molar-refractivity contribution in [3.8, 4) is 0 Å². The molecule has 1 atom stereocenters. The van der Waals surface area contributed by atoms with Crippen LogP contribution in [0, 0.1) is 0 Å². The van der Waals surface area contributed by atoms with Gasteiger partial charge in [0, 0.05) is 12.9 Å². The van der Waals surface area contributed by atoms with Crippen LogP contribution in [0.4, 0.5) is 0 Å². The van der Waals surface area contributed by atoms with E-state index in [9.17, 15) is 0 Å². The second-order valence-corrected chi connectivity index (χ2v) is 3.84. The molecule has 1 aromatic rings. The molecule has 4 nitrogen and oxygen atoms in total. The maximum atomic E-state index is 5.99. The Balaban J connectivity index is 2.77. The molecule has 14 heavy (non-hydrogen) atoms. The number of halogens is 2. The molecule has 0 radical (unpaired) electrons. The molecule has 0 bridgehead atoms. The molecule has 80 valence electrons. The first-order chi connectivity index (χ1) is 6.70. The second kappa shape index (κ2) is 5.56. The van der Waals surface area contributed by atoms with Crippen LogP contribution in [-0.2, 0) is 7.05 Å². The largest absolute Gasteiger partial charge is 0.271 e. The van der Waals surface area contributed by atoms with E-state index in [-0.39, 0.29) is 6.04 Å². The van der Waals surface area contributed by atoms with Crippen molar-refractivity contribution in [2.75, 3.05) is 5.88 Å². The molecular formula is C8H14Cl2N4. The zero-order chi connectivity index (χ0) is 10.6. The maximum Gasteiger partial charge on any atom is 0.0834 e. The standard InChI is InChI=1S/C8H14Cl2N4/c1-14-8(6(10)5-12-14)7(13-11)3-2-4-9/h5,7,13H,2-4,11H2,1H3. The van der Waals surface area contributed by atoms with E-state index in [0.717, 1.165) is 18.5 Å². The normalized spacial score (nSPS) is 13.1. The predicted octanol–water partition coefficient (Wildman–Crippen LogP) is 1.60. The van der Waals surface area contributed by atoms with Crippen molar-refractivity contribution < 1.29 is 0 Å². The smallest absolute Gasteiger partial charge is 0.0834 e. The zero-order valence-corrected chi connectivity index (χ0v) is 9.52. The van der Waals surface area contributed by atoms with Gasteiger partial charge >= 0.3 is 0 Å². The Hall–Kier alpha value is -0.290. The highest BCUT2D eigenvalue weighted by atomic mass is 35.5. The van der Waals surface area contributed by atoms with Crippen LogP contribution < -0.4 is 11.3 Å². The lowest BCUT2D eigenvalue weighted by Crippen LogP contribution is -2.29. The Morgan fingerprint density at radius 2 is 2.43 bits per heavy atom. The van der Waals surface area contributed by atoms with E-state index in [1.807, 2.05) is 7.05 Å². The van der Waals surface area contributed by atoms with E-state index in [4.69, 9.17) is 29.0 Å². The van der Waals surface area contributed by atoms with Crippen molar-refractivity contribution in [3.63, 3.8) is 0 Å². The second-order valence-electron chi connectivity index (χ2n) is 3.05. The van der Waals surface area contributed by atoms with Gasteiger partial charge < -0.3 is 0 Å². The monoisotopic (exact) mass is 236 g/mol. The van der Waals surface area contributed by atoms with Gasteiger partial charge in [-0.15, -0.1) is 11.6 Å². The van der Waals surface area contributed by atoms with E-state index in [0.29, 0.717) is 10.9 Å². The van der Waals surface area contributed by atoms with Gasteiger partial charge in [0.2, 0.25) is 0 Å². The molecule has 1 aromatic heterocycles. The van der Waals surface area contributed by atoms with Gasteiger partial charge in [-0.3, -0.25) is 16.0 Å². The van der Waals surface area contributed by atoms with Gasteiger partial charge in [0.25, 0.3) is 0 Å². The summed E-state index contributed by atoms with van der Waals surface area (Å²) in [5, 5.41) is 4.68. The van der Waals surface area contributed by atoms with Crippen LogP contribution in [0.25, 0.3) is 0 Å². The molecule has 0 aromatic carbocycles. The SMILES string of the molecule is Cn1ncc(Cl)c1C(CCCCl)NN. The van der Waals surface area contributed by atoms with E-state index < -0.39 is 0 Å². The number of alkyl halides is 1. The summed E-state index contributed by atoms with van der Waals surface area (Å²) in [6.45, 7) is 0. The molecule has 0 aliphatic carbocycles. The van der Waals surface area contributed by atoms with E-state index >= 15 is 0 Å². The van der Waals surface area contributed by atoms with Gasteiger partial charge in [0.05, 0.1) is 23.0 Å². The topological polar surface area (TPSA) is 55.9 Å². The number of nitrogens with one attached hydrogen (secondary N) is 1. The number of hydrogen-bond acceptors (Lipinski definition) is 3. The Bertz CT molecular complexity index is 267. The lowest BCUT2D eigenvalue weighted by molar-refractivity contribution is 0.477. The third-order valence-electron chi connectivity index (χ3n) is 2.10. The number of aromatic nitrogens is 2. The third-order valence-corrected chi connectivity index (χ3v) is 2.65. The van der Waals surface area contributed by atoms with Crippen molar-refractivity contribution in [2.45, 2.75) is 18.9 Å². The van der Waals surface area contributed by atoms with Crippen LogP contribution in [0.2, 0.25) is 5.02 Å². The van der Waals surface area contributed by atoms with E-state index in [1.54, 1.807) is 10.9 Å². The predicted molar refractivity (Wildman–Crippen MR) is 58.2 cm³/mol. The first kappa shape index (κ1) is 11.8. The minimum atomic E-state index is 0.00810. The molecule has 1 rings (SSSR count). The fraction of sp³-hybridized carbons (Fsp3) is 0.625. The quantitative estimate of drug-likeness (QED) is 0.464. The van der Waals surface area contributed by atoms with Gasteiger partial charge in [0.1, 0.15) is 0 Å². The highest BCUT2D eigenvalue weighted by Gasteiger charge is 2.16. The summed E-state index contributed by atoms with van der Waals surface area (Å²) in [6, 6.07) is 0.00810. The Labute approximate surface area is 93.3 Å². The van der Waals surface area contributed by atoms with Gasteiger partial charge in [-0.25, -0.2) is 0 Å². The molecular weight excluding hydrogens is 223 g/mol. The molecule has 1 heterocycles. The number of nitrogens with zero attached hydrogens (tertiary/aromatic N) is 2. The van der Waals surface area contributed by atoms with Crippen molar-refractivity contribution in [2.24, 2.45) is 12.9 Å². The molecule has 1 unspecified atom stereocenters. The Morgan fingerprint density at radius 3 is 2.86 bits per heavy atom. The zero-order valence-electron chi connectivity index (χ0n) is 8.00. The fourth-order valence-electron chi connectivity index (χ4n) is 1.39. The van der Waals surface area contributed by atoms with Crippen molar-refractivity contribution >= 4 is 23.2 Å². The number of hydrazine groups is 1. The number of nitrogens with two attached hydrogens (primary N) is 1. The van der Waals surface area contributed by atoms with E-state index in [1.165, 1.54) is 0 Å². The molecule has 6 heteroatoms. The maximum absolute atomic E-state index is 5.99. The summed E-state index contributed by atoms with van der Waals surface area (Å²) in [5.41, 5.74) is 3.62. The third kappa shape index (κ3) is 2.60. The summed E-state index contributed by atoms with van der Waals surface area (Å²) in [4.78, 5) is 0. The van der Waals surface area contributed by atoms with Gasteiger partial charge in [0.15, 0.2) is 0 Å². The summed E-state index contributed by atoms with van der Waals surface area (Å²) >= 11 is 11.6. The average Bonchev–Trinajstić information content (AvgIpc) is 2.50. The molecule has 0 spiro atoms. The molecule has 0 amide bonds. The first-order valence-electron chi connectivity index (χ1n) is 4.40. The molecule has 0 saturated carbocycles. The summed E-state index contributed by atoms with van der Waals surface area (Å²) in [7, 11) is 1.84. The molecule has 0 aliphatic heterocycles. The minimum Gasteiger partial charge on any atom is -0.271 e. The van der Waals surface area contributed by atoms with Crippen LogP contribution in [0.1, 0.15) is 24.6 Å². The Morgan fingerprint density at radius 1 is 1.71 bits per heavy atom. The number of rotatable bonds is 5. The summed E-state index contributed by atoms with van der Waals surface area (Å²) < 4.78 is 1.72. The van der Waals surface area contributed by atoms with Crippen LogP contribution in [0.5, 0.6) is 0 Å². The molecule has 0 saturated heterocycles. The number of hydrogen-bond donors (Lipinski definition) is 2. The lowest BCUT2D eigenvalue weighted by atomic mass is 10.1. The van der Waals surface area contributed by atoms with Gasteiger partial charge in [-0.05, 0) is 12.8 Å². The van der Waals surface area contributed by atoms with Crippen molar-refractivity contribution in [3.05, 3.63) is 16.9 Å². The molecule has 3 N–H and O–H groups in total. The number of aryl methyl sites for hydroxylation is 1. The highest BCUT2D eigenvalue weighted by Crippen LogP contribution is 2.24. The average molecular weight is 237 g/mol. The Kier molecular flexibility index (Phi) is 4.68. The van der Waals surface area contributed by atoms with E-state index in [2.05, 4.69) is 10.5 Å². The lowest BCUT2D eigenvalue weighted by Gasteiger charge is -2.15.